The zero-order valence-electron chi connectivity index (χ0n) is 20.1. The summed E-state index contributed by atoms with van der Waals surface area (Å²) in [5, 5.41) is 69.5. The maximum Gasteiger partial charge on any atom is 0.229 e. The molecule has 12 heteroatoms. The third-order valence-electron chi connectivity index (χ3n) is 6.37. The number of phenols is 1. The number of aliphatic hydroxyl groups is 6. The van der Waals surface area contributed by atoms with Gasteiger partial charge in [0.2, 0.25) is 12.0 Å². The number of hydrogen-bond acceptors (Lipinski definition) is 12. The Balaban J connectivity index is 1.70. The molecule has 2 aliphatic heterocycles. The summed E-state index contributed by atoms with van der Waals surface area (Å²) in [6, 6.07) is 7.91. The quantitative estimate of drug-likeness (QED) is 0.221. The average Bonchev–Trinajstić information content (AvgIpc) is 2.91. The summed E-state index contributed by atoms with van der Waals surface area (Å²) in [6.07, 6.45) is -8.29. The summed E-state index contributed by atoms with van der Waals surface area (Å²) in [5.41, 5.74) is 1.26. The molecule has 2 aliphatic rings. The van der Waals surface area contributed by atoms with Gasteiger partial charge in [0.15, 0.2) is 35.2 Å². The summed E-state index contributed by atoms with van der Waals surface area (Å²) in [4.78, 5) is 0. The molecular weight excluding hydrogens is 492 g/mol. The van der Waals surface area contributed by atoms with Crippen molar-refractivity contribution >= 4 is 0 Å². The smallest absolute Gasteiger partial charge is 0.229 e. The minimum Gasteiger partial charge on any atom is -0.504 e. The van der Waals surface area contributed by atoms with E-state index in [1.54, 1.807) is 24.3 Å². The molecule has 0 spiro atoms. The van der Waals surface area contributed by atoms with Gasteiger partial charge in [-0.05, 0) is 42.7 Å². The Kier molecular flexibility index (Phi) is 8.60. The Hall–Kier alpha value is -2.84. The van der Waals surface area contributed by atoms with Gasteiger partial charge in [-0.15, -0.1) is 0 Å². The fourth-order valence-corrected chi connectivity index (χ4v) is 4.35. The predicted octanol–water partition coefficient (Wildman–Crippen LogP) is -0.622. The number of ether oxygens (including phenoxy) is 5. The SMILES string of the molecule is COc1cc(C2Oc3cc(CCCO)cc(OC4OC(CO)C(O)C(O)C4O)c3OC2CO)ccc1O. The number of aryl methyl sites for hydroxylation is 1. The molecule has 1 fully saturated rings. The zero-order chi connectivity index (χ0) is 26.7. The molecule has 0 saturated carbocycles. The number of rotatable bonds is 9. The van der Waals surface area contributed by atoms with E-state index in [0.29, 0.717) is 24.0 Å². The van der Waals surface area contributed by atoms with Gasteiger partial charge in [-0.1, -0.05) is 6.07 Å². The highest BCUT2D eigenvalue weighted by Gasteiger charge is 2.45. The van der Waals surface area contributed by atoms with E-state index in [2.05, 4.69) is 0 Å². The average molecular weight is 525 g/mol. The second kappa shape index (κ2) is 11.7. The lowest BCUT2D eigenvalue weighted by atomic mass is 9.99. The fourth-order valence-electron chi connectivity index (χ4n) is 4.35. The molecule has 0 aromatic heterocycles. The van der Waals surface area contributed by atoms with E-state index in [1.165, 1.54) is 13.2 Å². The fraction of sp³-hybridized carbons (Fsp3) is 0.520. The Morgan fingerprint density at radius 2 is 1.62 bits per heavy atom. The van der Waals surface area contributed by atoms with Crippen LogP contribution >= 0.6 is 0 Å². The summed E-state index contributed by atoms with van der Waals surface area (Å²) in [7, 11) is 1.41. The number of aromatic hydroxyl groups is 1. The molecule has 0 amide bonds. The Morgan fingerprint density at radius 3 is 2.30 bits per heavy atom. The number of phenolic OH excluding ortho intramolecular Hbond substituents is 1. The van der Waals surface area contributed by atoms with Crippen LogP contribution in [0.25, 0.3) is 0 Å². The molecule has 4 rings (SSSR count). The zero-order valence-corrected chi connectivity index (χ0v) is 20.1. The van der Waals surface area contributed by atoms with E-state index < -0.39 is 56.1 Å². The van der Waals surface area contributed by atoms with Crippen molar-refractivity contribution in [1.29, 1.82) is 0 Å². The monoisotopic (exact) mass is 524 g/mol. The highest BCUT2D eigenvalue weighted by Crippen LogP contribution is 2.47. The first-order valence-electron chi connectivity index (χ1n) is 11.9. The van der Waals surface area contributed by atoms with Crippen LogP contribution in [0.1, 0.15) is 23.7 Å². The van der Waals surface area contributed by atoms with Crippen molar-refractivity contribution in [3.63, 3.8) is 0 Å². The van der Waals surface area contributed by atoms with Gasteiger partial charge in [0.05, 0.1) is 20.3 Å². The lowest BCUT2D eigenvalue weighted by Crippen LogP contribution is -2.60. The van der Waals surface area contributed by atoms with Crippen LogP contribution in [0.3, 0.4) is 0 Å². The molecule has 0 bridgehead atoms. The minimum absolute atomic E-state index is 0.0557. The van der Waals surface area contributed by atoms with E-state index in [9.17, 15) is 35.7 Å². The highest BCUT2D eigenvalue weighted by atomic mass is 16.7. The molecule has 0 radical (unpaired) electrons. The van der Waals surface area contributed by atoms with E-state index in [-0.39, 0.29) is 35.4 Å². The van der Waals surface area contributed by atoms with Crippen LogP contribution in [0.15, 0.2) is 30.3 Å². The second-order valence-electron chi connectivity index (χ2n) is 8.87. The van der Waals surface area contributed by atoms with Gasteiger partial charge in [-0.2, -0.15) is 0 Å². The maximum atomic E-state index is 10.4. The van der Waals surface area contributed by atoms with Gasteiger partial charge >= 0.3 is 0 Å². The summed E-state index contributed by atoms with van der Waals surface area (Å²) in [5.74, 6) is 0.565. The van der Waals surface area contributed by atoms with Crippen molar-refractivity contribution in [2.24, 2.45) is 0 Å². The third kappa shape index (κ3) is 5.55. The van der Waals surface area contributed by atoms with Gasteiger partial charge in [0, 0.05) is 12.2 Å². The van der Waals surface area contributed by atoms with Crippen molar-refractivity contribution in [3.05, 3.63) is 41.5 Å². The van der Waals surface area contributed by atoms with Crippen molar-refractivity contribution < 1.29 is 59.4 Å². The molecule has 0 aliphatic carbocycles. The van der Waals surface area contributed by atoms with Gasteiger partial charge in [-0.3, -0.25) is 0 Å². The lowest BCUT2D eigenvalue weighted by molar-refractivity contribution is -0.277. The van der Waals surface area contributed by atoms with Crippen LogP contribution in [-0.2, 0) is 11.2 Å². The normalized spacial score (nSPS) is 29.1. The minimum atomic E-state index is -1.65. The Labute approximate surface area is 212 Å². The van der Waals surface area contributed by atoms with Crippen LogP contribution in [0, 0.1) is 0 Å². The molecule has 2 aromatic rings. The first kappa shape index (κ1) is 27.2. The first-order chi connectivity index (χ1) is 17.8. The van der Waals surface area contributed by atoms with Crippen LogP contribution in [0.4, 0.5) is 0 Å². The van der Waals surface area contributed by atoms with Crippen molar-refractivity contribution in [2.75, 3.05) is 26.9 Å². The molecular formula is C25H32O12. The number of methoxy groups -OCH3 is 1. The van der Waals surface area contributed by atoms with Crippen molar-refractivity contribution in [1.82, 2.24) is 0 Å². The lowest BCUT2D eigenvalue weighted by Gasteiger charge is -2.40. The molecule has 204 valence electrons. The van der Waals surface area contributed by atoms with Crippen molar-refractivity contribution in [3.8, 4) is 28.7 Å². The number of fused-ring (bicyclic) bond motifs is 1. The van der Waals surface area contributed by atoms with E-state index in [0.717, 1.165) is 0 Å². The second-order valence-corrected chi connectivity index (χ2v) is 8.87. The Bertz CT molecular complexity index is 1060. The summed E-state index contributed by atoms with van der Waals surface area (Å²) >= 11 is 0. The number of hydrogen-bond donors (Lipinski definition) is 7. The van der Waals surface area contributed by atoms with E-state index >= 15 is 0 Å². The van der Waals surface area contributed by atoms with Gasteiger partial charge in [0.1, 0.15) is 24.4 Å². The van der Waals surface area contributed by atoms with Crippen LogP contribution in [0.2, 0.25) is 0 Å². The molecule has 7 N–H and O–H groups in total. The number of aliphatic hydroxyl groups excluding tert-OH is 6. The van der Waals surface area contributed by atoms with Gasteiger partial charge in [-0.25, -0.2) is 0 Å². The Morgan fingerprint density at radius 1 is 0.865 bits per heavy atom. The highest BCUT2D eigenvalue weighted by molar-refractivity contribution is 5.56. The molecule has 2 aromatic carbocycles. The third-order valence-corrected chi connectivity index (χ3v) is 6.37. The van der Waals surface area contributed by atoms with Crippen LogP contribution in [-0.4, -0.2) is 99.5 Å². The van der Waals surface area contributed by atoms with Crippen LogP contribution in [0.5, 0.6) is 28.7 Å². The standard InChI is InChI=1S/C25H32O12/c1-33-15-9-13(4-5-14(15)29)23-19(11-28)35-24-16(34-23)7-12(3-2-6-26)8-17(24)36-25-22(32)21(31)20(30)18(10-27)37-25/h4-5,7-9,18-23,25-32H,2-3,6,10-11H2,1H3. The first-order valence-corrected chi connectivity index (χ1v) is 11.9. The summed E-state index contributed by atoms with van der Waals surface area (Å²) in [6.45, 7) is -1.12. The molecule has 2 heterocycles. The maximum absolute atomic E-state index is 10.4. The summed E-state index contributed by atoms with van der Waals surface area (Å²) < 4.78 is 28.8. The van der Waals surface area contributed by atoms with E-state index in [4.69, 9.17) is 23.7 Å². The molecule has 7 atom stereocenters. The van der Waals surface area contributed by atoms with Crippen molar-refractivity contribution in [2.45, 2.75) is 55.8 Å². The molecule has 12 nitrogen and oxygen atoms in total. The predicted molar refractivity (Wildman–Crippen MR) is 126 cm³/mol. The number of benzene rings is 2. The largest absolute Gasteiger partial charge is 0.504 e. The molecule has 1 saturated heterocycles. The van der Waals surface area contributed by atoms with E-state index in [1.807, 2.05) is 0 Å². The van der Waals surface area contributed by atoms with Gasteiger partial charge in [0.25, 0.3) is 0 Å². The van der Waals surface area contributed by atoms with Gasteiger partial charge < -0.3 is 59.4 Å². The molecule has 7 unspecified atom stereocenters. The topological polar surface area (TPSA) is 188 Å². The molecule has 37 heavy (non-hydrogen) atoms. The van der Waals surface area contributed by atoms with Crippen LogP contribution < -0.4 is 18.9 Å².